The zero-order valence-corrected chi connectivity index (χ0v) is 17.8. The Kier molecular flexibility index (Phi) is 10.5. The molecule has 8 heteroatoms. The van der Waals surface area contributed by atoms with Crippen molar-refractivity contribution in [3.8, 4) is 0 Å². The molecule has 1 aromatic carbocycles. The molecule has 0 saturated heterocycles. The molecule has 0 saturated carbocycles. The third-order valence-electron chi connectivity index (χ3n) is 3.82. The first-order valence-electron chi connectivity index (χ1n) is 9.37. The monoisotopic (exact) mass is 405 g/mol. The summed E-state index contributed by atoms with van der Waals surface area (Å²) in [5, 5.41) is 0.417. The number of benzene rings is 1. The third kappa shape index (κ3) is 8.21. The normalized spacial score (nSPS) is 12.3. The molecule has 0 bridgehead atoms. The molecular formula is C18H32NO5PS. The fraction of sp³-hybridized carbons (Fsp3) is 0.667. The molecule has 0 spiro atoms. The van der Waals surface area contributed by atoms with Gasteiger partial charge in [0.05, 0.1) is 24.3 Å². The van der Waals surface area contributed by atoms with Gasteiger partial charge in [-0.1, -0.05) is 39.0 Å². The Bertz CT molecular complexity index is 651. The van der Waals surface area contributed by atoms with E-state index in [2.05, 4.69) is 11.6 Å². The summed E-state index contributed by atoms with van der Waals surface area (Å²) in [6.07, 6.45) is 6.18. The Labute approximate surface area is 158 Å². The molecule has 0 aliphatic carbocycles. The van der Waals surface area contributed by atoms with Crippen LogP contribution in [0.15, 0.2) is 24.3 Å². The van der Waals surface area contributed by atoms with Gasteiger partial charge in [-0.15, -0.1) is 0 Å². The predicted octanol–water partition coefficient (Wildman–Crippen LogP) is 4.68. The first-order valence-corrected chi connectivity index (χ1v) is 12.6. The standard InChI is InChI=1S/C18H32NO5PS/c1-4-7-8-9-10-11-16-26(21,22)19-17-12-14-18(15-13-17)25(20,23-5-2)24-6-3/h12-15,19H,4-11,16H2,1-3H3. The van der Waals surface area contributed by atoms with Crippen molar-refractivity contribution in [2.75, 3.05) is 23.7 Å². The summed E-state index contributed by atoms with van der Waals surface area (Å²) in [5.41, 5.74) is 0.444. The van der Waals surface area contributed by atoms with Gasteiger partial charge in [-0.25, -0.2) is 8.42 Å². The zero-order valence-electron chi connectivity index (χ0n) is 16.1. The number of hydrogen-bond donors (Lipinski definition) is 1. The number of unbranched alkanes of at least 4 members (excludes halogenated alkanes) is 5. The lowest BCUT2D eigenvalue weighted by Gasteiger charge is -2.17. The predicted molar refractivity (Wildman–Crippen MR) is 108 cm³/mol. The van der Waals surface area contributed by atoms with E-state index in [1.807, 2.05) is 0 Å². The summed E-state index contributed by atoms with van der Waals surface area (Å²) in [5.74, 6) is 0.108. The van der Waals surface area contributed by atoms with Crippen LogP contribution in [-0.2, 0) is 23.6 Å². The van der Waals surface area contributed by atoms with Gasteiger partial charge >= 0.3 is 7.60 Å². The van der Waals surface area contributed by atoms with Crippen molar-refractivity contribution >= 4 is 28.6 Å². The van der Waals surface area contributed by atoms with E-state index in [1.165, 1.54) is 12.8 Å². The highest BCUT2D eigenvalue weighted by atomic mass is 32.2. The minimum absolute atomic E-state index is 0.108. The van der Waals surface area contributed by atoms with Crippen molar-refractivity contribution in [3.63, 3.8) is 0 Å². The van der Waals surface area contributed by atoms with E-state index < -0.39 is 17.6 Å². The van der Waals surface area contributed by atoms with Crippen LogP contribution in [0.4, 0.5) is 5.69 Å². The molecule has 1 aromatic rings. The Morgan fingerprint density at radius 1 is 0.885 bits per heavy atom. The van der Waals surface area contributed by atoms with E-state index in [0.717, 1.165) is 19.3 Å². The highest BCUT2D eigenvalue weighted by Crippen LogP contribution is 2.46. The van der Waals surface area contributed by atoms with E-state index >= 15 is 0 Å². The molecule has 0 aromatic heterocycles. The summed E-state index contributed by atoms with van der Waals surface area (Å²) in [6.45, 7) is 6.18. The summed E-state index contributed by atoms with van der Waals surface area (Å²) in [7, 11) is -6.73. The third-order valence-corrected chi connectivity index (χ3v) is 7.32. The van der Waals surface area contributed by atoms with E-state index in [4.69, 9.17) is 9.05 Å². The number of hydrogen-bond acceptors (Lipinski definition) is 5. The highest BCUT2D eigenvalue weighted by Gasteiger charge is 2.26. The quantitative estimate of drug-likeness (QED) is 0.359. The van der Waals surface area contributed by atoms with E-state index in [1.54, 1.807) is 38.1 Å². The van der Waals surface area contributed by atoms with Gasteiger partial charge in [0.25, 0.3) is 0 Å². The van der Waals surface area contributed by atoms with Gasteiger partial charge in [0.1, 0.15) is 0 Å². The van der Waals surface area contributed by atoms with Crippen molar-refractivity contribution in [1.29, 1.82) is 0 Å². The number of rotatable bonds is 14. The second-order valence-corrected chi connectivity index (χ2v) is 9.94. The van der Waals surface area contributed by atoms with Crippen LogP contribution >= 0.6 is 7.60 Å². The average molecular weight is 405 g/mol. The molecular weight excluding hydrogens is 373 g/mol. The van der Waals surface area contributed by atoms with Crippen LogP contribution in [0.2, 0.25) is 0 Å². The molecule has 0 aliphatic rings. The van der Waals surface area contributed by atoms with Gasteiger partial charge in [-0.05, 0) is 44.5 Å². The SMILES string of the molecule is CCCCCCCCS(=O)(=O)Nc1ccc(P(=O)(OCC)OCC)cc1. The van der Waals surface area contributed by atoms with Gasteiger partial charge < -0.3 is 9.05 Å². The average Bonchev–Trinajstić information content (AvgIpc) is 2.58. The first-order chi connectivity index (χ1) is 12.4. The lowest BCUT2D eigenvalue weighted by molar-refractivity contribution is 0.230. The van der Waals surface area contributed by atoms with Gasteiger partial charge in [-0.2, -0.15) is 0 Å². The van der Waals surface area contributed by atoms with Crippen molar-refractivity contribution < 1.29 is 22.0 Å². The van der Waals surface area contributed by atoms with Gasteiger partial charge in [-0.3, -0.25) is 9.29 Å². The number of nitrogens with one attached hydrogen (secondary N) is 1. The van der Waals surface area contributed by atoms with Crippen LogP contribution < -0.4 is 10.0 Å². The minimum Gasteiger partial charge on any atom is -0.305 e. The molecule has 0 amide bonds. The van der Waals surface area contributed by atoms with Crippen molar-refractivity contribution in [2.24, 2.45) is 0 Å². The second-order valence-electron chi connectivity index (χ2n) is 6.07. The smallest absolute Gasteiger partial charge is 0.305 e. The number of sulfonamides is 1. The summed E-state index contributed by atoms with van der Waals surface area (Å²) in [6, 6.07) is 6.32. The largest absolute Gasteiger partial charge is 0.361 e. The van der Waals surface area contributed by atoms with Gasteiger partial charge in [0, 0.05) is 5.69 Å². The Hall–Kier alpha value is -0.880. The van der Waals surface area contributed by atoms with Crippen LogP contribution in [-0.4, -0.2) is 27.4 Å². The molecule has 0 aliphatic heterocycles. The molecule has 0 radical (unpaired) electrons. The maximum absolute atomic E-state index is 12.7. The van der Waals surface area contributed by atoms with Crippen molar-refractivity contribution in [3.05, 3.63) is 24.3 Å². The van der Waals surface area contributed by atoms with Crippen LogP contribution in [0, 0.1) is 0 Å². The fourth-order valence-electron chi connectivity index (χ4n) is 2.54. The van der Waals surface area contributed by atoms with Crippen LogP contribution in [0.25, 0.3) is 0 Å². The van der Waals surface area contributed by atoms with Crippen molar-refractivity contribution in [1.82, 2.24) is 0 Å². The molecule has 150 valence electrons. The molecule has 0 unspecified atom stereocenters. The lowest BCUT2D eigenvalue weighted by atomic mass is 10.1. The molecule has 0 fully saturated rings. The number of anilines is 1. The summed E-state index contributed by atoms with van der Waals surface area (Å²) >= 11 is 0. The summed E-state index contributed by atoms with van der Waals surface area (Å²) in [4.78, 5) is 0. The zero-order chi connectivity index (χ0) is 19.5. The first kappa shape index (κ1) is 23.2. The molecule has 0 heterocycles. The Morgan fingerprint density at radius 3 is 1.96 bits per heavy atom. The fourth-order valence-corrected chi connectivity index (χ4v) is 5.29. The van der Waals surface area contributed by atoms with Crippen molar-refractivity contribution in [2.45, 2.75) is 59.3 Å². The summed E-state index contributed by atoms with van der Waals surface area (Å²) < 4.78 is 50.1. The van der Waals surface area contributed by atoms with E-state index in [9.17, 15) is 13.0 Å². The minimum atomic E-state index is -3.38. The van der Waals surface area contributed by atoms with Crippen LogP contribution in [0.5, 0.6) is 0 Å². The highest BCUT2D eigenvalue weighted by molar-refractivity contribution is 7.92. The lowest BCUT2D eigenvalue weighted by Crippen LogP contribution is -2.17. The van der Waals surface area contributed by atoms with Crippen LogP contribution in [0.1, 0.15) is 59.3 Å². The van der Waals surface area contributed by atoms with Gasteiger partial charge in [0.15, 0.2) is 0 Å². The molecule has 1 N–H and O–H groups in total. The molecule has 26 heavy (non-hydrogen) atoms. The topological polar surface area (TPSA) is 81.7 Å². The molecule has 6 nitrogen and oxygen atoms in total. The molecule has 1 rings (SSSR count). The Morgan fingerprint density at radius 2 is 1.42 bits per heavy atom. The van der Waals surface area contributed by atoms with E-state index in [0.29, 0.717) is 17.4 Å². The van der Waals surface area contributed by atoms with E-state index in [-0.39, 0.29) is 19.0 Å². The second kappa shape index (κ2) is 11.8. The maximum atomic E-state index is 12.7. The van der Waals surface area contributed by atoms with Gasteiger partial charge in [0.2, 0.25) is 10.0 Å². The maximum Gasteiger partial charge on any atom is 0.361 e. The Balaban J connectivity index is 2.61. The molecule has 0 atom stereocenters. The van der Waals surface area contributed by atoms with Crippen LogP contribution in [0.3, 0.4) is 0 Å².